The summed E-state index contributed by atoms with van der Waals surface area (Å²) in [5.41, 5.74) is 1.20. The van der Waals surface area contributed by atoms with Gasteiger partial charge < -0.3 is 9.84 Å². The molecular formula is C15H21NO3. The molecule has 1 aromatic rings. The third-order valence-corrected chi connectivity index (χ3v) is 3.79. The summed E-state index contributed by atoms with van der Waals surface area (Å²) >= 11 is 0. The third-order valence-electron chi connectivity index (χ3n) is 3.79. The molecule has 19 heavy (non-hydrogen) atoms. The first-order valence-corrected chi connectivity index (χ1v) is 6.78. The molecule has 0 spiro atoms. The van der Waals surface area contributed by atoms with E-state index in [1.807, 2.05) is 37.1 Å². The molecule has 0 amide bonds. The fraction of sp³-hybridized carbons (Fsp3) is 0.533. The van der Waals surface area contributed by atoms with Crippen LogP contribution in [-0.4, -0.2) is 42.2 Å². The average Bonchev–Trinajstić information content (AvgIpc) is 2.39. The van der Waals surface area contributed by atoms with Crippen LogP contribution in [-0.2, 0) is 4.79 Å². The van der Waals surface area contributed by atoms with Gasteiger partial charge in [-0.3, -0.25) is 9.69 Å². The van der Waals surface area contributed by atoms with Crippen molar-refractivity contribution in [3.63, 3.8) is 0 Å². The molecule has 0 saturated heterocycles. The summed E-state index contributed by atoms with van der Waals surface area (Å²) in [6.07, 6.45) is 1.56. The van der Waals surface area contributed by atoms with Gasteiger partial charge >= 0.3 is 5.97 Å². The first-order valence-electron chi connectivity index (χ1n) is 6.78. The Labute approximate surface area is 114 Å². The van der Waals surface area contributed by atoms with Crippen molar-refractivity contribution < 1.29 is 14.6 Å². The lowest BCUT2D eigenvalue weighted by Gasteiger charge is -2.31. The topological polar surface area (TPSA) is 49.8 Å². The van der Waals surface area contributed by atoms with Gasteiger partial charge in [-0.05, 0) is 31.5 Å². The second-order valence-electron chi connectivity index (χ2n) is 5.07. The molecule has 0 saturated carbocycles. The number of carboxylic acids is 1. The van der Waals surface area contributed by atoms with Gasteiger partial charge in [-0.1, -0.05) is 25.1 Å². The van der Waals surface area contributed by atoms with E-state index in [2.05, 4.69) is 6.07 Å². The number of aliphatic carboxylic acids is 1. The number of benzene rings is 1. The lowest BCUT2D eigenvalue weighted by molar-refractivity contribution is -0.143. The maximum atomic E-state index is 11.2. The molecule has 1 aromatic carbocycles. The van der Waals surface area contributed by atoms with Crippen molar-refractivity contribution in [1.29, 1.82) is 0 Å². The molecular weight excluding hydrogens is 242 g/mol. The monoisotopic (exact) mass is 263 g/mol. The second-order valence-corrected chi connectivity index (χ2v) is 5.07. The zero-order chi connectivity index (χ0) is 13.8. The molecule has 0 radical (unpaired) electrons. The molecule has 2 unspecified atom stereocenters. The number of para-hydroxylation sites is 1. The summed E-state index contributed by atoms with van der Waals surface area (Å²) < 4.78 is 5.63. The number of rotatable bonds is 5. The molecule has 0 aromatic heterocycles. The third kappa shape index (κ3) is 3.07. The van der Waals surface area contributed by atoms with Crippen molar-refractivity contribution >= 4 is 5.97 Å². The minimum absolute atomic E-state index is 0.350. The van der Waals surface area contributed by atoms with Gasteiger partial charge in [0.25, 0.3) is 0 Å². The Morgan fingerprint density at radius 3 is 2.95 bits per heavy atom. The molecule has 104 valence electrons. The van der Waals surface area contributed by atoms with Crippen molar-refractivity contribution in [2.75, 3.05) is 20.2 Å². The van der Waals surface area contributed by atoms with Crippen LogP contribution in [0.15, 0.2) is 24.3 Å². The van der Waals surface area contributed by atoms with Gasteiger partial charge in [-0.25, -0.2) is 0 Å². The van der Waals surface area contributed by atoms with E-state index < -0.39 is 12.0 Å². The number of ether oxygens (including phenoxy) is 1. The molecule has 2 atom stereocenters. The van der Waals surface area contributed by atoms with Gasteiger partial charge in [0.2, 0.25) is 0 Å². The standard InChI is InChI=1S/C15H21NO3/c1-3-13(15(17)18)16(2)10-11-8-9-19-14-7-5-4-6-12(11)14/h4-7,11,13H,3,8-10H2,1-2H3,(H,17,18). The van der Waals surface area contributed by atoms with Crippen LogP contribution < -0.4 is 4.74 Å². The first kappa shape index (κ1) is 13.9. The molecule has 0 bridgehead atoms. The summed E-state index contributed by atoms with van der Waals surface area (Å²) in [6, 6.07) is 7.63. The number of hydrogen-bond donors (Lipinski definition) is 1. The Kier molecular flexibility index (Phi) is 4.43. The Morgan fingerprint density at radius 2 is 2.26 bits per heavy atom. The molecule has 0 aliphatic carbocycles. The highest BCUT2D eigenvalue weighted by Crippen LogP contribution is 2.33. The highest BCUT2D eigenvalue weighted by Gasteiger charge is 2.27. The number of carboxylic acid groups (broad SMARTS) is 1. The summed E-state index contributed by atoms with van der Waals surface area (Å²) in [5.74, 6) is 0.546. The van der Waals surface area contributed by atoms with Gasteiger partial charge in [0.05, 0.1) is 6.61 Å². The predicted molar refractivity (Wildman–Crippen MR) is 73.6 cm³/mol. The summed E-state index contributed by atoms with van der Waals surface area (Å²) in [7, 11) is 1.89. The van der Waals surface area contributed by atoms with E-state index in [4.69, 9.17) is 4.74 Å². The normalized spacial score (nSPS) is 19.6. The number of hydrogen-bond acceptors (Lipinski definition) is 3. The fourth-order valence-electron chi connectivity index (χ4n) is 2.76. The number of carbonyl (C=O) groups is 1. The number of likely N-dealkylation sites (N-methyl/N-ethyl adjacent to an activating group) is 1. The highest BCUT2D eigenvalue weighted by atomic mass is 16.5. The largest absolute Gasteiger partial charge is 0.493 e. The lowest BCUT2D eigenvalue weighted by atomic mass is 9.92. The van der Waals surface area contributed by atoms with E-state index in [1.54, 1.807) is 0 Å². The van der Waals surface area contributed by atoms with Crippen LogP contribution in [0.2, 0.25) is 0 Å². The Balaban J connectivity index is 2.10. The maximum absolute atomic E-state index is 11.2. The van der Waals surface area contributed by atoms with Crippen molar-refractivity contribution in [1.82, 2.24) is 4.90 Å². The minimum atomic E-state index is -0.745. The smallest absolute Gasteiger partial charge is 0.320 e. The van der Waals surface area contributed by atoms with Crippen molar-refractivity contribution in [2.45, 2.75) is 31.7 Å². The van der Waals surface area contributed by atoms with Crippen LogP contribution in [0.5, 0.6) is 5.75 Å². The van der Waals surface area contributed by atoms with E-state index in [1.165, 1.54) is 5.56 Å². The van der Waals surface area contributed by atoms with Gasteiger partial charge in [0, 0.05) is 12.5 Å². The van der Waals surface area contributed by atoms with Crippen LogP contribution >= 0.6 is 0 Å². The zero-order valence-corrected chi connectivity index (χ0v) is 11.5. The van der Waals surface area contributed by atoms with Crippen LogP contribution in [0.3, 0.4) is 0 Å². The zero-order valence-electron chi connectivity index (χ0n) is 11.5. The summed E-state index contributed by atoms with van der Waals surface area (Å²) in [5, 5.41) is 9.20. The van der Waals surface area contributed by atoms with Crippen LogP contribution in [0.1, 0.15) is 31.2 Å². The summed E-state index contributed by atoms with van der Waals surface area (Å²) in [6.45, 7) is 3.37. The minimum Gasteiger partial charge on any atom is -0.493 e. The molecule has 0 fully saturated rings. The van der Waals surface area contributed by atoms with Gasteiger partial charge in [0.1, 0.15) is 11.8 Å². The molecule has 1 aliphatic heterocycles. The quantitative estimate of drug-likeness (QED) is 0.886. The van der Waals surface area contributed by atoms with Gasteiger partial charge in [-0.2, -0.15) is 0 Å². The summed E-state index contributed by atoms with van der Waals surface area (Å²) in [4.78, 5) is 13.1. The first-order chi connectivity index (χ1) is 9.13. The van der Waals surface area contributed by atoms with E-state index in [-0.39, 0.29) is 0 Å². The van der Waals surface area contributed by atoms with E-state index in [9.17, 15) is 9.90 Å². The van der Waals surface area contributed by atoms with Crippen molar-refractivity contribution in [3.8, 4) is 5.75 Å². The molecule has 1 N–H and O–H groups in total. The van der Waals surface area contributed by atoms with Gasteiger partial charge in [0.15, 0.2) is 0 Å². The van der Waals surface area contributed by atoms with Gasteiger partial charge in [-0.15, -0.1) is 0 Å². The molecule has 2 rings (SSSR count). The maximum Gasteiger partial charge on any atom is 0.320 e. The van der Waals surface area contributed by atoms with E-state index >= 15 is 0 Å². The SMILES string of the molecule is CCC(C(=O)O)N(C)CC1CCOc2ccccc21. The predicted octanol–water partition coefficient (Wildman–Crippen LogP) is 2.35. The second kappa shape index (κ2) is 6.06. The fourth-order valence-corrected chi connectivity index (χ4v) is 2.76. The Morgan fingerprint density at radius 1 is 1.53 bits per heavy atom. The Bertz CT molecular complexity index is 447. The number of fused-ring (bicyclic) bond motifs is 1. The van der Waals surface area contributed by atoms with Crippen LogP contribution in [0.25, 0.3) is 0 Å². The van der Waals surface area contributed by atoms with Crippen molar-refractivity contribution in [3.05, 3.63) is 29.8 Å². The molecule has 1 aliphatic rings. The molecule has 4 heteroatoms. The van der Waals surface area contributed by atoms with E-state index in [0.29, 0.717) is 18.9 Å². The number of nitrogens with zero attached hydrogens (tertiary/aromatic N) is 1. The average molecular weight is 263 g/mol. The van der Waals surface area contributed by atoms with E-state index in [0.717, 1.165) is 18.7 Å². The lowest BCUT2D eigenvalue weighted by Crippen LogP contribution is -2.40. The Hall–Kier alpha value is -1.55. The highest BCUT2D eigenvalue weighted by molar-refractivity contribution is 5.73. The van der Waals surface area contributed by atoms with Crippen LogP contribution in [0, 0.1) is 0 Å². The van der Waals surface area contributed by atoms with Crippen molar-refractivity contribution in [2.24, 2.45) is 0 Å². The van der Waals surface area contributed by atoms with Crippen LogP contribution in [0.4, 0.5) is 0 Å². The molecule has 4 nitrogen and oxygen atoms in total. The molecule has 1 heterocycles.